The number of hydrogen-bond donors (Lipinski definition) is 1. The topological polar surface area (TPSA) is 90.0 Å². The normalized spacial score (nSPS) is 12.4. The number of aryl methyl sites for hydroxylation is 3. The Morgan fingerprint density at radius 3 is 2.09 bits per heavy atom. The standard InChI is InChI=1S/C25H36N4O4S/c1-8-22(25(31)26-5)28(16-21-13-10-18(2)11-14-21)24(30)17-29(34(32,33)27(6)7)23-15-19(3)9-12-20(23)4/h9-15,22H,8,16-17H2,1-7H3,(H,26,31). The van der Waals surface area contributed by atoms with Gasteiger partial charge in [-0.05, 0) is 49.9 Å². The summed E-state index contributed by atoms with van der Waals surface area (Å²) in [6, 6.07) is 12.4. The molecule has 1 atom stereocenters. The van der Waals surface area contributed by atoms with Crippen molar-refractivity contribution in [2.24, 2.45) is 0 Å². The van der Waals surface area contributed by atoms with Gasteiger partial charge in [-0.1, -0.05) is 48.9 Å². The molecule has 1 unspecified atom stereocenters. The van der Waals surface area contributed by atoms with Crippen molar-refractivity contribution in [3.63, 3.8) is 0 Å². The molecule has 9 heteroatoms. The Bertz CT molecular complexity index is 1110. The van der Waals surface area contributed by atoms with Gasteiger partial charge in [0.15, 0.2) is 0 Å². The van der Waals surface area contributed by atoms with E-state index in [0.717, 1.165) is 30.9 Å². The Morgan fingerprint density at radius 1 is 0.971 bits per heavy atom. The molecule has 0 spiro atoms. The molecule has 0 bridgehead atoms. The van der Waals surface area contributed by atoms with Crippen molar-refractivity contribution in [2.75, 3.05) is 32.0 Å². The average Bonchev–Trinajstić information content (AvgIpc) is 2.79. The first kappa shape index (κ1) is 27.3. The third-order valence-electron chi connectivity index (χ3n) is 5.76. The molecule has 0 aliphatic carbocycles. The van der Waals surface area contributed by atoms with E-state index in [0.29, 0.717) is 12.1 Å². The summed E-state index contributed by atoms with van der Waals surface area (Å²) >= 11 is 0. The fourth-order valence-electron chi connectivity index (χ4n) is 3.67. The molecule has 0 fully saturated rings. The fraction of sp³-hybridized carbons (Fsp3) is 0.440. The molecule has 0 aromatic heterocycles. The second kappa shape index (κ2) is 11.5. The van der Waals surface area contributed by atoms with Gasteiger partial charge in [0, 0.05) is 27.7 Å². The van der Waals surface area contributed by atoms with Crippen LogP contribution in [0.3, 0.4) is 0 Å². The summed E-state index contributed by atoms with van der Waals surface area (Å²) in [7, 11) is 0.412. The third kappa shape index (κ3) is 6.36. The molecule has 0 saturated carbocycles. The molecule has 0 aliphatic heterocycles. The molecule has 0 heterocycles. The van der Waals surface area contributed by atoms with E-state index in [2.05, 4.69) is 5.32 Å². The minimum atomic E-state index is -3.98. The summed E-state index contributed by atoms with van der Waals surface area (Å²) in [6.45, 7) is 7.24. The van der Waals surface area contributed by atoms with E-state index >= 15 is 0 Å². The van der Waals surface area contributed by atoms with Crippen LogP contribution in [0.2, 0.25) is 0 Å². The highest BCUT2D eigenvalue weighted by Gasteiger charge is 2.34. The van der Waals surface area contributed by atoms with Gasteiger partial charge in [-0.3, -0.25) is 9.59 Å². The Hall–Kier alpha value is -2.91. The number of anilines is 1. The van der Waals surface area contributed by atoms with Crippen LogP contribution in [0, 0.1) is 20.8 Å². The van der Waals surface area contributed by atoms with Gasteiger partial charge in [0.25, 0.3) is 0 Å². The van der Waals surface area contributed by atoms with Crippen LogP contribution in [0.5, 0.6) is 0 Å². The maximum absolute atomic E-state index is 13.7. The predicted molar refractivity (Wildman–Crippen MR) is 136 cm³/mol. The molecule has 186 valence electrons. The highest BCUT2D eigenvalue weighted by molar-refractivity contribution is 7.90. The minimum absolute atomic E-state index is 0.188. The lowest BCUT2D eigenvalue weighted by Gasteiger charge is -2.34. The van der Waals surface area contributed by atoms with E-state index in [4.69, 9.17) is 0 Å². The average molecular weight is 489 g/mol. The van der Waals surface area contributed by atoms with Crippen LogP contribution in [0.15, 0.2) is 42.5 Å². The zero-order valence-electron chi connectivity index (χ0n) is 21.1. The molecule has 2 rings (SSSR count). The van der Waals surface area contributed by atoms with Crippen molar-refractivity contribution in [1.29, 1.82) is 0 Å². The van der Waals surface area contributed by atoms with Crippen LogP contribution >= 0.6 is 0 Å². The van der Waals surface area contributed by atoms with Crippen LogP contribution < -0.4 is 9.62 Å². The highest BCUT2D eigenvalue weighted by atomic mass is 32.2. The van der Waals surface area contributed by atoms with E-state index in [9.17, 15) is 18.0 Å². The highest BCUT2D eigenvalue weighted by Crippen LogP contribution is 2.26. The van der Waals surface area contributed by atoms with Gasteiger partial charge in [0.05, 0.1) is 5.69 Å². The number of likely N-dealkylation sites (N-methyl/N-ethyl adjacent to an activating group) is 1. The Morgan fingerprint density at radius 2 is 1.56 bits per heavy atom. The van der Waals surface area contributed by atoms with E-state index in [1.54, 1.807) is 13.0 Å². The quantitative estimate of drug-likeness (QED) is 0.557. The Balaban J connectivity index is 2.54. The molecule has 0 saturated heterocycles. The molecule has 8 nitrogen and oxygen atoms in total. The summed E-state index contributed by atoms with van der Waals surface area (Å²) in [5.74, 6) is -0.751. The smallest absolute Gasteiger partial charge is 0.304 e. The first-order valence-electron chi connectivity index (χ1n) is 11.3. The van der Waals surface area contributed by atoms with Gasteiger partial charge in [-0.2, -0.15) is 12.7 Å². The van der Waals surface area contributed by atoms with E-state index < -0.39 is 28.7 Å². The van der Waals surface area contributed by atoms with E-state index in [1.807, 2.05) is 57.2 Å². The molecule has 2 amide bonds. The lowest BCUT2D eigenvalue weighted by molar-refractivity contribution is -0.140. The number of nitrogens with one attached hydrogen (secondary N) is 1. The lowest BCUT2D eigenvalue weighted by Crippen LogP contribution is -2.53. The zero-order valence-corrected chi connectivity index (χ0v) is 21.9. The molecule has 0 radical (unpaired) electrons. The Labute approximate surface area is 203 Å². The molecule has 34 heavy (non-hydrogen) atoms. The van der Waals surface area contributed by atoms with E-state index in [-0.39, 0.29) is 12.5 Å². The van der Waals surface area contributed by atoms with Crippen molar-refractivity contribution in [2.45, 2.75) is 46.7 Å². The molecule has 0 aliphatic rings. The number of hydrogen-bond acceptors (Lipinski definition) is 4. The van der Waals surface area contributed by atoms with Gasteiger partial charge in [-0.25, -0.2) is 4.31 Å². The summed E-state index contributed by atoms with van der Waals surface area (Å²) < 4.78 is 28.8. The molecule has 2 aromatic carbocycles. The van der Waals surface area contributed by atoms with Gasteiger partial charge < -0.3 is 10.2 Å². The summed E-state index contributed by atoms with van der Waals surface area (Å²) in [5, 5.41) is 2.62. The number of benzene rings is 2. The van der Waals surface area contributed by atoms with Crippen LogP contribution in [-0.4, -0.2) is 63.2 Å². The zero-order chi connectivity index (χ0) is 25.6. The van der Waals surface area contributed by atoms with Crippen LogP contribution in [0.25, 0.3) is 0 Å². The summed E-state index contributed by atoms with van der Waals surface area (Å²) in [4.78, 5) is 27.8. The number of amides is 2. The minimum Gasteiger partial charge on any atom is -0.357 e. The first-order valence-corrected chi connectivity index (χ1v) is 12.7. The van der Waals surface area contributed by atoms with Crippen LogP contribution in [-0.2, 0) is 26.3 Å². The van der Waals surface area contributed by atoms with Crippen molar-refractivity contribution >= 4 is 27.7 Å². The van der Waals surface area contributed by atoms with Crippen LogP contribution in [0.4, 0.5) is 5.69 Å². The van der Waals surface area contributed by atoms with Gasteiger partial charge in [0.2, 0.25) is 11.8 Å². The maximum Gasteiger partial charge on any atom is 0.304 e. The number of carbonyl (C=O) groups is 2. The number of rotatable bonds is 10. The molecular formula is C25H36N4O4S. The monoisotopic (exact) mass is 488 g/mol. The van der Waals surface area contributed by atoms with Gasteiger partial charge in [0.1, 0.15) is 12.6 Å². The van der Waals surface area contributed by atoms with Gasteiger partial charge >= 0.3 is 10.2 Å². The van der Waals surface area contributed by atoms with Crippen molar-refractivity contribution < 1.29 is 18.0 Å². The number of nitrogens with zero attached hydrogens (tertiary/aromatic N) is 3. The predicted octanol–water partition coefficient (Wildman–Crippen LogP) is 2.78. The van der Waals surface area contributed by atoms with Crippen LogP contribution in [0.1, 0.15) is 35.6 Å². The van der Waals surface area contributed by atoms with Crippen molar-refractivity contribution in [3.05, 3.63) is 64.7 Å². The second-order valence-corrected chi connectivity index (χ2v) is 10.7. The van der Waals surface area contributed by atoms with E-state index in [1.165, 1.54) is 26.0 Å². The third-order valence-corrected chi connectivity index (χ3v) is 7.56. The first-order chi connectivity index (χ1) is 15.9. The maximum atomic E-state index is 13.7. The summed E-state index contributed by atoms with van der Waals surface area (Å²) in [6.07, 6.45) is 0.390. The molecule has 1 N–H and O–H groups in total. The van der Waals surface area contributed by atoms with Gasteiger partial charge in [-0.15, -0.1) is 0 Å². The fourth-order valence-corrected chi connectivity index (χ4v) is 4.78. The van der Waals surface area contributed by atoms with Crippen molar-refractivity contribution in [1.82, 2.24) is 14.5 Å². The largest absolute Gasteiger partial charge is 0.357 e. The second-order valence-electron chi connectivity index (χ2n) is 8.63. The Kier molecular flexibility index (Phi) is 9.23. The number of carbonyl (C=O) groups excluding carboxylic acids is 2. The lowest BCUT2D eigenvalue weighted by atomic mass is 10.1. The summed E-state index contributed by atoms with van der Waals surface area (Å²) in [5.41, 5.74) is 3.98. The molecule has 2 aromatic rings. The molecular weight excluding hydrogens is 452 g/mol. The SMILES string of the molecule is CCC(C(=O)NC)N(Cc1ccc(C)cc1)C(=O)CN(c1cc(C)ccc1C)S(=O)(=O)N(C)C. The van der Waals surface area contributed by atoms with Crippen molar-refractivity contribution in [3.8, 4) is 0 Å².